The molecule has 1 aromatic carbocycles. The molecule has 0 saturated carbocycles. The molecule has 22 heavy (non-hydrogen) atoms. The molecular weight excluding hydrogens is 272 g/mol. The zero-order valence-corrected chi connectivity index (χ0v) is 13.9. The molecule has 0 saturated heterocycles. The van der Waals surface area contributed by atoms with Gasteiger partial charge in [-0.15, -0.1) is 0 Å². The first kappa shape index (κ1) is 16.3. The number of fused-ring (bicyclic) bond motifs is 1. The van der Waals surface area contributed by atoms with Crippen LogP contribution in [0, 0.1) is 5.92 Å². The van der Waals surface area contributed by atoms with Gasteiger partial charge in [-0.25, -0.2) is 0 Å². The summed E-state index contributed by atoms with van der Waals surface area (Å²) in [7, 11) is 1.81. The van der Waals surface area contributed by atoms with Crippen LogP contribution in [0.25, 0.3) is 10.9 Å². The van der Waals surface area contributed by atoms with Crippen molar-refractivity contribution in [2.75, 3.05) is 13.6 Å². The van der Waals surface area contributed by atoms with E-state index in [1.807, 2.05) is 19.3 Å². The van der Waals surface area contributed by atoms with Crippen molar-refractivity contribution < 1.29 is 0 Å². The molecule has 1 unspecified atom stereocenters. The Bertz CT molecular complexity index is 629. The molecule has 2 N–H and O–H groups in total. The fraction of sp³-hybridized carbons (Fsp3) is 0.444. The second kappa shape index (κ2) is 7.78. The molecule has 0 radical (unpaired) electrons. The lowest BCUT2D eigenvalue weighted by Gasteiger charge is -2.20. The quantitative estimate of drug-likeness (QED) is 0.659. The molecule has 0 bridgehead atoms. The van der Waals surface area contributed by atoms with Crippen LogP contribution >= 0.6 is 0 Å². The number of hydrogen-bond donors (Lipinski definition) is 2. The van der Waals surface area contributed by atoms with Crippen LogP contribution in [-0.4, -0.2) is 30.6 Å². The van der Waals surface area contributed by atoms with Gasteiger partial charge in [-0.2, -0.15) is 0 Å². The van der Waals surface area contributed by atoms with E-state index < -0.39 is 0 Å². The van der Waals surface area contributed by atoms with Crippen molar-refractivity contribution >= 4 is 16.9 Å². The molecule has 1 heterocycles. The van der Waals surface area contributed by atoms with E-state index in [0.29, 0.717) is 12.0 Å². The third-order valence-corrected chi connectivity index (χ3v) is 3.99. The highest BCUT2D eigenvalue weighted by Crippen LogP contribution is 2.15. The number of aromatic nitrogens is 1. The Balaban J connectivity index is 1.95. The molecule has 1 atom stereocenters. The summed E-state index contributed by atoms with van der Waals surface area (Å²) in [6.07, 6.45) is 2.77. The smallest absolute Gasteiger partial charge is 0.191 e. The van der Waals surface area contributed by atoms with E-state index in [1.165, 1.54) is 10.9 Å². The molecule has 118 valence electrons. The zero-order chi connectivity index (χ0) is 15.9. The van der Waals surface area contributed by atoms with E-state index in [2.05, 4.69) is 65.6 Å². The van der Waals surface area contributed by atoms with Gasteiger partial charge in [-0.05, 0) is 30.9 Å². The van der Waals surface area contributed by atoms with E-state index in [1.54, 1.807) is 0 Å². The fourth-order valence-electron chi connectivity index (χ4n) is 2.26. The molecule has 0 spiro atoms. The monoisotopic (exact) mass is 298 g/mol. The first-order valence-electron chi connectivity index (χ1n) is 7.91. The van der Waals surface area contributed by atoms with Crippen molar-refractivity contribution in [1.82, 2.24) is 15.6 Å². The Morgan fingerprint density at radius 1 is 1.18 bits per heavy atom. The zero-order valence-electron chi connectivity index (χ0n) is 13.9. The maximum Gasteiger partial charge on any atom is 0.191 e. The van der Waals surface area contributed by atoms with Crippen LogP contribution in [-0.2, 0) is 6.42 Å². The summed E-state index contributed by atoms with van der Waals surface area (Å²) in [5.41, 5.74) is 2.35. The van der Waals surface area contributed by atoms with Gasteiger partial charge >= 0.3 is 0 Å². The Labute approximate surface area is 133 Å². The van der Waals surface area contributed by atoms with Gasteiger partial charge in [0.1, 0.15) is 0 Å². The van der Waals surface area contributed by atoms with Crippen LogP contribution in [0.3, 0.4) is 0 Å². The molecule has 4 heteroatoms. The molecule has 4 nitrogen and oxygen atoms in total. The number of nitrogens with zero attached hydrogens (tertiary/aromatic N) is 2. The van der Waals surface area contributed by atoms with Gasteiger partial charge in [-0.3, -0.25) is 9.98 Å². The lowest BCUT2D eigenvalue weighted by atomic mass is 10.1. The van der Waals surface area contributed by atoms with Crippen LogP contribution in [0.1, 0.15) is 26.3 Å². The largest absolute Gasteiger partial charge is 0.356 e. The lowest BCUT2D eigenvalue weighted by molar-refractivity contribution is 0.481. The average molecular weight is 298 g/mol. The predicted octanol–water partition coefficient (Wildman–Crippen LogP) is 2.99. The van der Waals surface area contributed by atoms with Crippen LogP contribution in [0.4, 0.5) is 0 Å². The minimum absolute atomic E-state index is 0.394. The summed E-state index contributed by atoms with van der Waals surface area (Å²) in [5.74, 6) is 1.43. The Morgan fingerprint density at radius 3 is 2.68 bits per heavy atom. The summed E-state index contributed by atoms with van der Waals surface area (Å²) in [4.78, 5) is 8.78. The van der Waals surface area contributed by atoms with Crippen molar-refractivity contribution in [3.63, 3.8) is 0 Å². The van der Waals surface area contributed by atoms with E-state index in [4.69, 9.17) is 0 Å². The van der Waals surface area contributed by atoms with Crippen molar-refractivity contribution in [1.29, 1.82) is 0 Å². The van der Waals surface area contributed by atoms with Gasteiger partial charge < -0.3 is 10.6 Å². The topological polar surface area (TPSA) is 49.3 Å². The minimum atomic E-state index is 0.394. The maximum absolute atomic E-state index is 4.50. The SMILES string of the molecule is CN=C(NCCc1cccc2cccnc12)NC(C)C(C)C. The van der Waals surface area contributed by atoms with Crippen molar-refractivity contribution in [3.8, 4) is 0 Å². The van der Waals surface area contributed by atoms with E-state index >= 15 is 0 Å². The van der Waals surface area contributed by atoms with Gasteiger partial charge in [0.15, 0.2) is 5.96 Å². The number of pyridine rings is 1. The molecule has 1 aromatic heterocycles. The normalized spacial score (nSPS) is 13.4. The Kier molecular flexibility index (Phi) is 5.75. The molecule has 0 amide bonds. The molecular formula is C18H26N4. The summed E-state index contributed by atoms with van der Waals surface area (Å²) >= 11 is 0. The standard InChI is InChI=1S/C18H26N4/c1-13(2)14(3)22-18(19-4)21-12-10-16-8-5-7-15-9-6-11-20-17(15)16/h5-9,11,13-14H,10,12H2,1-4H3,(H2,19,21,22). The second-order valence-corrected chi connectivity index (χ2v) is 5.92. The van der Waals surface area contributed by atoms with Crippen LogP contribution in [0.5, 0.6) is 0 Å². The fourth-order valence-corrected chi connectivity index (χ4v) is 2.26. The molecule has 2 rings (SSSR count). The number of hydrogen-bond acceptors (Lipinski definition) is 2. The summed E-state index contributed by atoms with van der Waals surface area (Å²) in [5, 5.41) is 7.98. The molecule has 0 aliphatic carbocycles. The van der Waals surface area contributed by atoms with Gasteiger partial charge in [0.05, 0.1) is 5.52 Å². The van der Waals surface area contributed by atoms with Gasteiger partial charge in [-0.1, -0.05) is 38.1 Å². The number of benzene rings is 1. The summed E-state index contributed by atoms with van der Waals surface area (Å²) in [6.45, 7) is 7.41. The first-order valence-corrected chi connectivity index (χ1v) is 7.91. The number of para-hydroxylation sites is 1. The van der Waals surface area contributed by atoms with Crippen molar-refractivity contribution in [2.45, 2.75) is 33.2 Å². The minimum Gasteiger partial charge on any atom is -0.356 e. The van der Waals surface area contributed by atoms with Crippen LogP contribution in [0.15, 0.2) is 41.5 Å². The summed E-state index contributed by atoms with van der Waals surface area (Å²) in [6, 6.07) is 10.8. The number of aliphatic imine (C=N–C) groups is 1. The second-order valence-electron chi connectivity index (χ2n) is 5.92. The number of guanidine groups is 1. The molecule has 2 aromatic rings. The van der Waals surface area contributed by atoms with Crippen LogP contribution < -0.4 is 10.6 Å². The third kappa shape index (κ3) is 4.20. The molecule has 0 aliphatic rings. The first-order chi connectivity index (χ1) is 10.6. The van der Waals surface area contributed by atoms with Gasteiger partial charge in [0, 0.05) is 31.2 Å². The van der Waals surface area contributed by atoms with E-state index in [0.717, 1.165) is 24.4 Å². The third-order valence-electron chi connectivity index (χ3n) is 3.99. The Hall–Kier alpha value is -2.10. The number of rotatable bonds is 5. The summed E-state index contributed by atoms with van der Waals surface area (Å²) < 4.78 is 0. The highest BCUT2D eigenvalue weighted by atomic mass is 15.2. The van der Waals surface area contributed by atoms with Crippen molar-refractivity contribution in [3.05, 3.63) is 42.1 Å². The van der Waals surface area contributed by atoms with E-state index in [-0.39, 0.29) is 0 Å². The maximum atomic E-state index is 4.50. The Morgan fingerprint density at radius 2 is 1.95 bits per heavy atom. The van der Waals surface area contributed by atoms with Gasteiger partial charge in [0.25, 0.3) is 0 Å². The van der Waals surface area contributed by atoms with Crippen LogP contribution in [0.2, 0.25) is 0 Å². The predicted molar refractivity (Wildman–Crippen MR) is 94.2 cm³/mol. The van der Waals surface area contributed by atoms with Crippen molar-refractivity contribution in [2.24, 2.45) is 10.9 Å². The molecule has 0 aliphatic heterocycles. The van der Waals surface area contributed by atoms with E-state index in [9.17, 15) is 0 Å². The highest BCUT2D eigenvalue weighted by molar-refractivity contribution is 5.82. The molecule has 0 fully saturated rings. The number of nitrogens with one attached hydrogen (secondary N) is 2. The van der Waals surface area contributed by atoms with Gasteiger partial charge in [0.2, 0.25) is 0 Å². The average Bonchev–Trinajstić information content (AvgIpc) is 2.53. The highest BCUT2D eigenvalue weighted by Gasteiger charge is 2.09. The lowest BCUT2D eigenvalue weighted by Crippen LogP contribution is -2.44.